The van der Waals surface area contributed by atoms with Crippen molar-refractivity contribution < 1.29 is 9.90 Å². The maximum atomic E-state index is 11.7. The van der Waals surface area contributed by atoms with Gasteiger partial charge in [-0.15, -0.1) is 0 Å². The molecule has 1 aliphatic rings. The minimum Gasteiger partial charge on any atom is -0.396 e. The number of hydrogen-bond acceptors (Lipinski definition) is 2. The Bertz CT molecular complexity index is 362. The summed E-state index contributed by atoms with van der Waals surface area (Å²) in [5.41, 5.74) is 2.04. The van der Waals surface area contributed by atoms with Crippen LogP contribution in [0.5, 0.6) is 0 Å². The molecule has 0 spiro atoms. The van der Waals surface area contributed by atoms with Gasteiger partial charge in [0.15, 0.2) is 0 Å². The maximum Gasteiger partial charge on any atom is 0.227 e. The number of fused-ring (bicyclic) bond motifs is 1. The van der Waals surface area contributed by atoms with Gasteiger partial charge in [-0.1, -0.05) is 12.1 Å². The molecule has 1 aromatic rings. The van der Waals surface area contributed by atoms with Crippen molar-refractivity contribution in [3.63, 3.8) is 0 Å². The smallest absolute Gasteiger partial charge is 0.227 e. The molecule has 2 rings (SSSR count). The van der Waals surface area contributed by atoms with Crippen LogP contribution in [0.15, 0.2) is 18.2 Å². The van der Waals surface area contributed by atoms with Crippen molar-refractivity contribution in [1.29, 1.82) is 0 Å². The van der Waals surface area contributed by atoms with Crippen molar-refractivity contribution in [1.82, 2.24) is 0 Å². The molecule has 1 heterocycles. The van der Waals surface area contributed by atoms with E-state index in [-0.39, 0.29) is 18.4 Å². The molecule has 1 aromatic carbocycles. The van der Waals surface area contributed by atoms with E-state index in [1.165, 1.54) is 0 Å². The van der Waals surface area contributed by atoms with Crippen LogP contribution in [0.1, 0.15) is 18.4 Å². The van der Waals surface area contributed by atoms with E-state index in [1.807, 2.05) is 12.1 Å². The highest BCUT2D eigenvalue weighted by atomic mass is 16.3. The van der Waals surface area contributed by atoms with Gasteiger partial charge >= 0.3 is 0 Å². The molecule has 15 heavy (non-hydrogen) atoms. The summed E-state index contributed by atoms with van der Waals surface area (Å²) in [7, 11) is 0. The summed E-state index contributed by atoms with van der Waals surface area (Å²) < 4.78 is 0. The van der Waals surface area contributed by atoms with Crippen molar-refractivity contribution in [2.75, 3.05) is 11.9 Å². The second-order valence-corrected chi connectivity index (χ2v) is 3.84. The molecule has 1 radical (unpaired) electrons. The molecule has 0 saturated carbocycles. The predicted molar refractivity (Wildman–Crippen MR) is 57.4 cm³/mol. The first kappa shape index (κ1) is 10.2. The third-order valence-electron chi connectivity index (χ3n) is 2.76. The van der Waals surface area contributed by atoms with Gasteiger partial charge in [0.1, 0.15) is 0 Å². The average molecular weight is 204 g/mol. The standard InChI is InChI=1S/C12H14NO2/c14-7-3-5-10-8-9-4-1-2-6-11(9)13-12(10)15/h1,4,6,10,14H,3,5,7-8H2,(H,13,15). The molecular weight excluding hydrogens is 190 g/mol. The topological polar surface area (TPSA) is 49.3 Å². The number of carbonyl (C=O) groups excluding carboxylic acids is 1. The molecule has 1 amide bonds. The molecule has 1 aliphatic heterocycles. The van der Waals surface area contributed by atoms with Gasteiger partial charge in [0.2, 0.25) is 5.91 Å². The van der Waals surface area contributed by atoms with Crippen LogP contribution in [0.3, 0.4) is 0 Å². The van der Waals surface area contributed by atoms with Crippen LogP contribution >= 0.6 is 0 Å². The number of aliphatic hydroxyl groups is 1. The fourth-order valence-corrected chi connectivity index (χ4v) is 1.92. The van der Waals surface area contributed by atoms with Gasteiger partial charge in [0.25, 0.3) is 0 Å². The van der Waals surface area contributed by atoms with E-state index < -0.39 is 0 Å². The van der Waals surface area contributed by atoms with Crippen LogP contribution < -0.4 is 5.32 Å². The number of amides is 1. The average Bonchev–Trinajstić information content (AvgIpc) is 2.26. The lowest BCUT2D eigenvalue weighted by Gasteiger charge is -2.24. The summed E-state index contributed by atoms with van der Waals surface area (Å²) in [4.78, 5) is 11.7. The summed E-state index contributed by atoms with van der Waals surface area (Å²) >= 11 is 0. The zero-order valence-corrected chi connectivity index (χ0v) is 8.49. The van der Waals surface area contributed by atoms with Crippen LogP contribution in [0, 0.1) is 12.0 Å². The van der Waals surface area contributed by atoms with Crippen LogP contribution in [0.4, 0.5) is 5.69 Å². The van der Waals surface area contributed by atoms with Gasteiger partial charge in [-0.25, -0.2) is 0 Å². The first-order valence-electron chi connectivity index (χ1n) is 5.22. The minimum absolute atomic E-state index is 0.00653. The van der Waals surface area contributed by atoms with Gasteiger partial charge < -0.3 is 10.4 Å². The predicted octanol–water partition coefficient (Wildman–Crippen LogP) is 1.37. The van der Waals surface area contributed by atoms with Crippen molar-refractivity contribution in [2.24, 2.45) is 5.92 Å². The number of aliphatic hydroxyl groups excluding tert-OH is 1. The van der Waals surface area contributed by atoms with Gasteiger partial charge in [-0.3, -0.25) is 4.79 Å². The summed E-state index contributed by atoms with van der Waals surface area (Å²) in [6.07, 6.45) is 2.21. The highest BCUT2D eigenvalue weighted by molar-refractivity contribution is 5.95. The normalized spacial score (nSPS) is 19.5. The fraction of sp³-hybridized carbons (Fsp3) is 0.417. The zero-order valence-electron chi connectivity index (χ0n) is 8.49. The lowest BCUT2D eigenvalue weighted by Crippen LogP contribution is -2.29. The number of benzene rings is 1. The Hall–Kier alpha value is -1.35. The van der Waals surface area contributed by atoms with Crippen LogP contribution in [-0.4, -0.2) is 17.6 Å². The molecule has 0 aromatic heterocycles. The first-order chi connectivity index (χ1) is 7.31. The zero-order chi connectivity index (χ0) is 10.7. The monoisotopic (exact) mass is 204 g/mol. The van der Waals surface area contributed by atoms with Crippen LogP contribution in [0.25, 0.3) is 0 Å². The molecule has 3 nitrogen and oxygen atoms in total. The molecular formula is C12H14NO2. The van der Waals surface area contributed by atoms with Gasteiger partial charge in [-0.2, -0.15) is 0 Å². The van der Waals surface area contributed by atoms with E-state index in [9.17, 15) is 4.79 Å². The minimum atomic E-state index is 0.00653. The van der Waals surface area contributed by atoms with E-state index in [4.69, 9.17) is 5.11 Å². The molecule has 0 fully saturated rings. The largest absolute Gasteiger partial charge is 0.396 e. The van der Waals surface area contributed by atoms with Crippen LogP contribution in [0.2, 0.25) is 0 Å². The van der Waals surface area contributed by atoms with E-state index >= 15 is 0 Å². The Balaban J connectivity index is 2.11. The summed E-state index contributed by atoms with van der Waals surface area (Å²) in [5.74, 6) is 0.0719. The molecule has 1 unspecified atom stereocenters. The van der Waals surface area contributed by atoms with Crippen LogP contribution in [-0.2, 0) is 11.2 Å². The van der Waals surface area contributed by atoms with Crippen molar-refractivity contribution >= 4 is 11.6 Å². The van der Waals surface area contributed by atoms with E-state index in [2.05, 4.69) is 11.4 Å². The molecule has 1 atom stereocenters. The summed E-state index contributed by atoms with van der Waals surface area (Å²) in [6.45, 7) is 0.152. The maximum absolute atomic E-state index is 11.7. The lowest BCUT2D eigenvalue weighted by molar-refractivity contribution is -0.120. The van der Waals surface area contributed by atoms with Crippen molar-refractivity contribution in [3.05, 3.63) is 29.8 Å². The third-order valence-corrected chi connectivity index (χ3v) is 2.76. The number of hydrogen-bond donors (Lipinski definition) is 2. The summed E-state index contributed by atoms with van der Waals surface area (Å²) in [5, 5.41) is 11.6. The molecule has 2 N–H and O–H groups in total. The Labute approximate surface area is 89.1 Å². The second-order valence-electron chi connectivity index (χ2n) is 3.84. The number of anilines is 1. The quantitative estimate of drug-likeness (QED) is 0.781. The van der Waals surface area contributed by atoms with Crippen molar-refractivity contribution in [2.45, 2.75) is 19.3 Å². The van der Waals surface area contributed by atoms with Gasteiger partial charge in [-0.05, 0) is 37.0 Å². The van der Waals surface area contributed by atoms with E-state index in [0.717, 1.165) is 24.1 Å². The second kappa shape index (κ2) is 4.45. The Morgan fingerprint density at radius 2 is 2.47 bits per heavy atom. The number of rotatable bonds is 3. The number of nitrogens with one attached hydrogen (secondary N) is 1. The molecule has 0 aliphatic carbocycles. The Kier molecular flexibility index (Phi) is 3.02. The Morgan fingerprint density at radius 1 is 1.60 bits per heavy atom. The Morgan fingerprint density at radius 3 is 3.27 bits per heavy atom. The third kappa shape index (κ3) is 2.18. The number of carbonyl (C=O) groups is 1. The first-order valence-corrected chi connectivity index (χ1v) is 5.22. The molecule has 79 valence electrons. The van der Waals surface area contributed by atoms with E-state index in [1.54, 1.807) is 6.07 Å². The SMILES string of the molecule is O=C1Nc2c[c]ccc2CC1CCCO. The molecule has 0 bridgehead atoms. The fourth-order valence-electron chi connectivity index (χ4n) is 1.92. The highest BCUT2D eigenvalue weighted by Gasteiger charge is 2.24. The van der Waals surface area contributed by atoms with E-state index in [0.29, 0.717) is 6.42 Å². The lowest BCUT2D eigenvalue weighted by atomic mass is 9.90. The van der Waals surface area contributed by atoms with Gasteiger partial charge in [0, 0.05) is 18.2 Å². The van der Waals surface area contributed by atoms with Gasteiger partial charge in [0.05, 0.1) is 0 Å². The summed E-state index contributed by atoms with van der Waals surface area (Å²) in [6, 6.07) is 8.59. The molecule has 0 saturated heterocycles. The highest BCUT2D eigenvalue weighted by Crippen LogP contribution is 2.27. The molecule has 3 heteroatoms. The van der Waals surface area contributed by atoms with Crippen molar-refractivity contribution in [3.8, 4) is 0 Å².